The fourth-order valence-corrected chi connectivity index (χ4v) is 2.92. The van der Waals surface area contributed by atoms with Gasteiger partial charge in [0, 0.05) is 13.7 Å². The number of methoxy groups -OCH3 is 1. The Morgan fingerprint density at radius 1 is 1.15 bits per heavy atom. The Morgan fingerprint density at radius 3 is 2.25 bits per heavy atom. The van der Waals surface area contributed by atoms with Gasteiger partial charge in [-0.3, -0.25) is 0 Å². The number of hydrogen-bond acceptors (Lipinski definition) is 5. The van der Waals surface area contributed by atoms with Gasteiger partial charge in [0.05, 0.1) is 17.3 Å². The number of sulfonamides is 2. The van der Waals surface area contributed by atoms with Crippen LogP contribution in [0, 0.1) is 0 Å². The molecule has 9 heteroatoms. The minimum absolute atomic E-state index is 0.0296. The van der Waals surface area contributed by atoms with Gasteiger partial charge in [0.25, 0.3) is 0 Å². The average Bonchev–Trinajstić information content (AvgIpc) is 2.36. The van der Waals surface area contributed by atoms with Crippen molar-refractivity contribution >= 4 is 20.0 Å². The van der Waals surface area contributed by atoms with Crippen LogP contribution in [0.15, 0.2) is 29.2 Å². The smallest absolute Gasteiger partial charge is 0.238 e. The summed E-state index contributed by atoms with van der Waals surface area (Å²) in [5.74, 6) is -0.0894. The Bertz CT molecular complexity index is 623. The molecule has 0 amide bonds. The van der Waals surface area contributed by atoms with Crippen LogP contribution in [0.4, 0.5) is 0 Å². The van der Waals surface area contributed by atoms with Crippen LogP contribution in [0.1, 0.15) is 5.56 Å². The molecule has 0 aliphatic rings. The Hall–Kier alpha value is -1.00. The number of hydrogen-bond donors (Lipinski definition) is 2. The fourth-order valence-electron chi connectivity index (χ4n) is 1.46. The zero-order valence-corrected chi connectivity index (χ0v) is 12.7. The van der Waals surface area contributed by atoms with E-state index in [0.29, 0.717) is 6.42 Å². The summed E-state index contributed by atoms with van der Waals surface area (Å²) in [4.78, 5) is 0.0296. The lowest BCUT2D eigenvalue weighted by molar-refractivity contribution is 0.217. The highest BCUT2D eigenvalue weighted by molar-refractivity contribution is 7.89. The summed E-state index contributed by atoms with van der Waals surface area (Å²) in [5.41, 5.74) is 0.812. The van der Waals surface area contributed by atoms with Gasteiger partial charge in [0.15, 0.2) is 0 Å². The topological polar surface area (TPSA) is 116 Å². The van der Waals surface area contributed by atoms with Crippen LogP contribution in [0.5, 0.6) is 0 Å². The van der Waals surface area contributed by atoms with E-state index in [2.05, 4.69) is 4.72 Å². The van der Waals surface area contributed by atoms with Gasteiger partial charge < -0.3 is 4.74 Å². The van der Waals surface area contributed by atoms with Crippen molar-refractivity contribution in [2.24, 2.45) is 5.14 Å². The maximum absolute atomic E-state index is 11.5. The minimum Gasteiger partial charge on any atom is -0.384 e. The Morgan fingerprint density at radius 2 is 1.75 bits per heavy atom. The molecule has 0 heterocycles. The lowest BCUT2D eigenvalue weighted by Crippen LogP contribution is -2.30. The van der Waals surface area contributed by atoms with E-state index < -0.39 is 20.0 Å². The number of nitrogens with one attached hydrogen (secondary N) is 1. The number of primary sulfonamides is 1. The first kappa shape index (κ1) is 17.1. The molecular weight excluding hydrogens is 304 g/mol. The highest BCUT2D eigenvalue weighted by Gasteiger charge is 2.09. The van der Waals surface area contributed by atoms with Gasteiger partial charge in [0.2, 0.25) is 20.0 Å². The van der Waals surface area contributed by atoms with Gasteiger partial charge >= 0.3 is 0 Å². The lowest BCUT2D eigenvalue weighted by Gasteiger charge is -2.06. The van der Waals surface area contributed by atoms with Gasteiger partial charge in [-0.2, -0.15) is 0 Å². The average molecular weight is 322 g/mol. The van der Waals surface area contributed by atoms with Crippen molar-refractivity contribution in [3.8, 4) is 0 Å². The Labute approximate surface area is 119 Å². The molecule has 1 aromatic rings. The molecule has 114 valence electrons. The third-order valence-electron chi connectivity index (χ3n) is 2.54. The van der Waals surface area contributed by atoms with Crippen molar-refractivity contribution in [2.45, 2.75) is 11.3 Å². The summed E-state index contributed by atoms with van der Waals surface area (Å²) >= 11 is 0. The molecule has 0 saturated carbocycles. The van der Waals surface area contributed by atoms with Crippen LogP contribution in [0.2, 0.25) is 0 Å². The summed E-state index contributed by atoms with van der Waals surface area (Å²) < 4.78 is 52.2. The predicted octanol–water partition coefficient (Wildman–Crippen LogP) is -0.558. The van der Waals surface area contributed by atoms with Crippen LogP contribution < -0.4 is 9.86 Å². The van der Waals surface area contributed by atoms with Crippen molar-refractivity contribution in [1.29, 1.82) is 0 Å². The van der Waals surface area contributed by atoms with Gasteiger partial charge in [-0.25, -0.2) is 26.7 Å². The largest absolute Gasteiger partial charge is 0.384 e. The minimum atomic E-state index is -3.70. The second kappa shape index (κ2) is 7.14. The van der Waals surface area contributed by atoms with Crippen molar-refractivity contribution in [2.75, 3.05) is 26.0 Å². The molecule has 1 rings (SSSR count). The first-order chi connectivity index (χ1) is 9.24. The van der Waals surface area contributed by atoms with Gasteiger partial charge in [-0.05, 0) is 24.1 Å². The Kier molecular flexibility index (Phi) is 6.08. The highest BCUT2D eigenvalue weighted by atomic mass is 32.2. The van der Waals surface area contributed by atoms with Gasteiger partial charge in [-0.1, -0.05) is 12.1 Å². The van der Waals surface area contributed by atoms with Crippen LogP contribution in [-0.2, 0) is 31.2 Å². The molecule has 0 atom stereocenters. The second-order valence-electron chi connectivity index (χ2n) is 4.14. The van der Waals surface area contributed by atoms with Crippen LogP contribution in [0.3, 0.4) is 0 Å². The molecule has 0 fully saturated rings. The Balaban J connectivity index is 2.51. The molecule has 0 saturated heterocycles. The summed E-state index contributed by atoms with van der Waals surface area (Å²) in [5, 5.41) is 4.98. The van der Waals surface area contributed by atoms with Crippen molar-refractivity contribution < 1.29 is 21.6 Å². The lowest BCUT2D eigenvalue weighted by atomic mass is 10.2. The second-order valence-corrected chi connectivity index (χ2v) is 7.63. The zero-order valence-electron chi connectivity index (χ0n) is 11.1. The van der Waals surface area contributed by atoms with Crippen molar-refractivity contribution in [3.05, 3.63) is 29.8 Å². The third-order valence-corrected chi connectivity index (χ3v) is 4.82. The highest BCUT2D eigenvalue weighted by Crippen LogP contribution is 2.08. The maximum Gasteiger partial charge on any atom is 0.238 e. The summed E-state index contributed by atoms with van der Waals surface area (Å²) in [6, 6.07) is 5.99. The van der Waals surface area contributed by atoms with Crippen molar-refractivity contribution in [3.63, 3.8) is 0 Å². The van der Waals surface area contributed by atoms with Gasteiger partial charge in [0.1, 0.15) is 0 Å². The van der Waals surface area contributed by atoms with Gasteiger partial charge in [-0.15, -0.1) is 0 Å². The molecule has 3 N–H and O–H groups in total. The fraction of sp³-hybridized carbons (Fsp3) is 0.455. The molecule has 0 aliphatic heterocycles. The third kappa shape index (κ3) is 5.97. The standard InChI is InChI=1S/C11H18N2O5S2/c1-18-8-9-19(14,15)13-7-6-10-2-4-11(5-3-10)20(12,16)17/h2-5,13H,6-9H2,1H3,(H2,12,16,17). The van der Waals surface area contributed by atoms with E-state index >= 15 is 0 Å². The first-order valence-electron chi connectivity index (χ1n) is 5.82. The van der Waals surface area contributed by atoms with E-state index in [0.717, 1.165) is 5.56 Å². The number of nitrogens with two attached hydrogens (primary N) is 1. The summed E-state index contributed by atoms with van der Waals surface area (Å²) in [6.45, 7) is 0.374. The van der Waals surface area contributed by atoms with Crippen LogP contribution >= 0.6 is 0 Å². The number of benzene rings is 1. The summed E-state index contributed by atoms with van der Waals surface area (Å²) in [6.07, 6.45) is 0.455. The quantitative estimate of drug-likeness (QED) is 0.666. The zero-order chi connectivity index (χ0) is 15.2. The molecule has 20 heavy (non-hydrogen) atoms. The molecule has 0 aromatic heterocycles. The molecule has 0 radical (unpaired) electrons. The maximum atomic E-state index is 11.5. The van der Waals surface area contributed by atoms with E-state index in [1.54, 1.807) is 12.1 Å². The van der Waals surface area contributed by atoms with Crippen LogP contribution in [-0.4, -0.2) is 42.8 Å². The monoisotopic (exact) mass is 322 g/mol. The first-order valence-corrected chi connectivity index (χ1v) is 9.02. The van der Waals surface area contributed by atoms with E-state index in [9.17, 15) is 16.8 Å². The number of rotatable bonds is 8. The molecule has 0 aliphatic carbocycles. The predicted molar refractivity (Wildman–Crippen MR) is 75.2 cm³/mol. The molecular formula is C11H18N2O5S2. The van der Waals surface area contributed by atoms with E-state index in [1.807, 2.05) is 0 Å². The van der Waals surface area contributed by atoms with E-state index in [4.69, 9.17) is 9.88 Å². The van der Waals surface area contributed by atoms with Crippen molar-refractivity contribution in [1.82, 2.24) is 4.72 Å². The molecule has 1 aromatic carbocycles. The molecule has 0 bridgehead atoms. The SMILES string of the molecule is COCCS(=O)(=O)NCCc1ccc(S(N)(=O)=O)cc1. The van der Waals surface area contributed by atoms with E-state index in [1.165, 1.54) is 19.2 Å². The van der Waals surface area contributed by atoms with Crippen LogP contribution in [0.25, 0.3) is 0 Å². The van der Waals surface area contributed by atoms with E-state index in [-0.39, 0.29) is 23.8 Å². The molecule has 0 spiro atoms. The molecule has 7 nitrogen and oxygen atoms in total. The normalized spacial score (nSPS) is 12.5. The number of ether oxygens (including phenoxy) is 1. The summed E-state index contributed by atoms with van der Waals surface area (Å²) in [7, 11) is -5.60. The molecule has 0 unspecified atom stereocenters.